The summed E-state index contributed by atoms with van der Waals surface area (Å²) in [5, 5.41) is 0. The highest BCUT2D eigenvalue weighted by Gasteiger charge is 1.94. The lowest BCUT2D eigenvalue weighted by Crippen LogP contribution is -2.37. The summed E-state index contributed by atoms with van der Waals surface area (Å²) in [6, 6.07) is 0. The van der Waals surface area contributed by atoms with Crippen molar-refractivity contribution in [1.82, 2.24) is 0 Å². The Morgan fingerprint density at radius 2 is 1.62 bits per heavy atom. The summed E-state index contributed by atoms with van der Waals surface area (Å²) >= 11 is 0. The predicted molar refractivity (Wildman–Crippen MR) is 32.0 cm³/mol. The van der Waals surface area contributed by atoms with E-state index in [-0.39, 0.29) is 6.17 Å². The van der Waals surface area contributed by atoms with Crippen LogP contribution in [0.4, 0.5) is 0 Å². The Kier molecular flexibility index (Phi) is 4.89. The van der Waals surface area contributed by atoms with Crippen molar-refractivity contribution >= 4 is 0 Å². The number of ether oxygens (including phenoxy) is 1. The molecule has 1 aliphatic rings. The fourth-order valence-electron chi connectivity index (χ4n) is 0. The topological polar surface area (TPSA) is 90.6 Å². The molecule has 0 unspecified atom stereocenters. The van der Waals surface area contributed by atoms with E-state index in [1.165, 1.54) is 0 Å². The van der Waals surface area contributed by atoms with E-state index in [0.717, 1.165) is 13.2 Å². The Hall–Kier alpha value is -0.160. The average molecular weight is 119 g/mol. The standard InChI is InChI=1S/C2H9N3.C2H4O/c3-1-2(4)5;1-2-3-1/h2H,1,3-5H2;1-2H2. The second kappa shape index (κ2) is 4.99. The van der Waals surface area contributed by atoms with Crippen LogP contribution in [0.1, 0.15) is 0 Å². The Morgan fingerprint density at radius 1 is 1.38 bits per heavy atom. The third-order valence-corrected chi connectivity index (χ3v) is 0.476. The molecular formula is C4H13N3O. The first-order valence-electron chi connectivity index (χ1n) is 2.56. The van der Waals surface area contributed by atoms with Crippen molar-refractivity contribution in [3.63, 3.8) is 0 Å². The maximum atomic E-state index is 4.94. The van der Waals surface area contributed by atoms with Crippen LogP contribution in [-0.4, -0.2) is 25.9 Å². The first-order valence-corrected chi connectivity index (χ1v) is 2.56. The largest absolute Gasteiger partial charge is 0.377 e. The molecule has 0 amide bonds. The van der Waals surface area contributed by atoms with E-state index in [0.29, 0.717) is 6.54 Å². The van der Waals surface area contributed by atoms with Crippen molar-refractivity contribution in [2.75, 3.05) is 19.8 Å². The molecule has 4 heteroatoms. The lowest BCUT2D eigenvalue weighted by atomic mass is 10.6. The Bertz CT molecular complexity index is 43.8. The Morgan fingerprint density at radius 3 is 1.62 bits per heavy atom. The van der Waals surface area contributed by atoms with Gasteiger partial charge in [-0.25, -0.2) is 0 Å². The summed E-state index contributed by atoms with van der Waals surface area (Å²) in [5.74, 6) is 0. The van der Waals surface area contributed by atoms with Crippen LogP contribution in [0.15, 0.2) is 0 Å². The van der Waals surface area contributed by atoms with Gasteiger partial charge in [0.25, 0.3) is 0 Å². The van der Waals surface area contributed by atoms with Gasteiger partial charge in [-0.15, -0.1) is 0 Å². The van der Waals surface area contributed by atoms with E-state index in [9.17, 15) is 0 Å². The summed E-state index contributed by atoms with van der Waals surface area (Å²) < 4.78 is 4.50. The molecule has 0 aromatic carbocycles. The van der Waals surface area contributed by atoms with Gasteiger partial charge in [-0.3, -0.25) is 0 Å². The molecule has 0 aliphatic carbocycles. The minimum absolute atomic E-state index is 0.338. The van der Waals surface area contributed by atoms with Crippen LogP contribution in [0.2, 0.25) is 0 Å². The third kappa shape index (κ3) is 17.0. The minimum Gasteiger partial charge on any atom is -0.377 e. The summed E-state index contributed by atoms with van der Waals surface area (Å²) in [4.78, 5) is 0. The zero-order valence-corrected chi connectivity index (χ0v) is 4.84. The molecule has 1 heterocycles. The average Bonchev–Trinajstić information content (AvgIpc) is 2.48. The zero-order chi connectivity index (χ0) is 6.41. The first kappa shape index (κ1) is 7.84. The van der Waals surface area contributed by atoms with E-state index < -0.39 is 0 Å². The lowest BCUT2D eigenvalue weighted by Gasteiger charge is -1.93. The second-order valence-electron chi connectivity index (χ2n) is 1.51. The molecule has 4 nitrogen and oxygen atoms in total. The van der Waals surface area contributed by atoms with Crippen LogP contribution in [-0.2, 0) is 4.74 Å². The maximum Gasteiger partial charge on any atom is 0.0701 e. The smallest absolute Gasteiger partial charge is 0.0701 e. The van der Waals surface area contributed by atoms with Crippen LogP contribution in [0.25, 0.3) is 0 Å². The van der Waals surface area contributed by atoms with Gasteiger partial charge in [-0.1, -0.05) is 0 Å². The summed E-state index contributed by atoms with van der Waals surface area (Å²) in [7, 11) is 0. The van der Waals surface area contributed by atoms with Crippen LogP contribution in [0.5, 0.6) is 0 Å². The molecule has 0 aromatic rings. The summed E-state index contributed by atoms with van der Waals surface area (Å²) in [5.41, 5.74) is 14.8. The number of rotatable bonds is 1. The SMILES string of the molecule is C1CO1.NCC(N)N. The van der Waals surface area contributed by atoms with Crippen molar-refractivity contribution in [1.29, 1.82) is 0 Å². The van der Waals surface area contributed by atoms with Gasteiger partial charge < -0.3 is 21.9 Å². The second-order valence-corrected chi connectivity index (χ2v) is 1.51. The quantitative estimate of drug-likeness (QED) is 0.281. The highest BCUT2D eigenvalue weighted by Crippen LogP contribution is 1.84. The molecule has 1 rings (SSSR count). The zero-order valence-electron chi connectivity index (χ0n) is 4.84. The normalized spacial score (nSPS) is 15.0. The molecule has 8 heavy (non-hydrogen) atoms. The van der Waals surface area contributed by atoms with Crippen LogP contribution in [0, 0.1) is 0 Å². The van der Waals surface area contributed by atoms with Gasteiger partial charge in [0.15, 0.2) is 0 Å². The highest BCUT2D eigenvalue weighted by atomic mass is 16.6. The Labute approximate surface area is 49.0 Å². The van der Waals surface area contributed by atoms with E-state index in [2.05, 4.69) is 4.74 Å². The molecular weight excluding hydrogens is 106 g/mol. The van der Waals surface area contributed by atoms with Crippen LogP contribution >= 0.6 is 0 Å². The highest BCUT2D eigenvalue weighted by molar-refractivity contribution is 4.45. The fourth-order valence-corrected chi connectivity index (χ4v) is 0. The fraction of sp³-hybridized carbons (Fsp3) is 1.00. The van der Waals surface area contributed by atoms with E-state index in [1.807, 2.05) is 0 Å². The van der Waals surface area contributed by atoms with Gasteiger partial charge in [-0.05, 0) is 0 Å². The third-order valence-electron chi connectivity index (χ3n) is 0.476. The van der Waals surface area contributed by atoms with Crippen LogP contribution in [0.3, 0.4) is 0 Å². The molecule has 50 valence electrons. The van der Waals surface area contributed by atoms with Gasteiger partial charge in [0.2, 0.25) is 0 Å². The van der Waals surface area contributed by atoms with Gasteiger partial charge in [0.05, 0.1) is 19.4 Å². The number of hydrogen-bond acceptors (Lipinski definition) is 4. The number of nitrogens with two attached hydrogens (primary N) is 3. The van der Waals surface area contributed by atoms with E-state index >= 15 is 0 Å². The minimum atomic E-state index is -0.338. The van der Waals surface area contributed by atoms with E-state index in [1.54, 1.807) is 0 Å². The molecule has 6 N–H and O–H groups in total. The monoisotopic (exact) mass is 119 g/mol. The Balaban J connectivity index is 0.000000135. The van der Waals surface area contributed by atoms with Crippen molar-refractivity contribution in [2.45, 2.75) is 6.17 Å². The molecule has 0 bridgehead atoms. The van der Waals surface area contributed by atoms with Gasteiger partial charge in [0.1, 0.15) is 0 Å². The summed E-state index contributed by atoms with van der Waals surface area (Å²) in [6.07, 6.45) is -0.338. The lowest BCUT2D eigenvalue weighted by molar-refractivity contribution is 0.475. The van der Waals surface area contributed by atoms with Crippen molar-refractivity contribution in [3.8, 4) is 0 Å². The molecule has 1 aliphatic heterocycles. The van der Waals surface area contributed by atoms with Gasteiger partial charge >= 0.3 is 0 Å². The first-order chi connectivity index (χ1) is 3.77. The van der Waals surface area contributed by atoms with E-state index in [4.69, 9.17) is 17.2 Å². The predicted octanol–water partition coefficient (Wildman–Crippen LogP) is -1.79. The van der Waals surface area contributed by atoms with Crippen molar-refractivity contribution < 1.29 is 4.74 Å². The molecule has 0 atom stereocenters. The number of hydrogen-bond donors (Lipinski definition) is 3. The number of epoxide rings is 1. The van der Waals surface area contributed by atoms with Crippen LogP contribution < -0.4 is 17.2 Å². The van der Waals surface area contributed by atoms with Crippen molar-refractivity contribution in [2.24, 2.45) is 17.2 Å². The summed E-state index contributed by atoms with van der Waals surface area (Å²) in [6.45, 7) is 2.36. The van der Waals surface area contributed by atoms with Gasteiger partial charge in [-0.2, -0.15) is 0 Å². The molecule has 0 spiro atoms. The molecule has 1 saturated heterocycles. The van der Waals surface area contributed by atoms with Gasteiger partial charge in [0, 0.05) is 6.54 Å². The molecule has 0 radical (unpaired) electrons. The van der Waals surface area contributed by atoms with Crippen molar-refractivity contribution in [3.05, 3.63) is 0 Å². The molecule has 0 aromatic heterocycles. The molecule has 1 fully saturated rings. The maximum absolute atomic E-state index is 4.94. The molecule has 0 saturated carbocycles.